The summed E-state index contributed by atoms with van der Waals surface area (Å²) in [5.41, 5.74) is -5.59. The topological polar surface area (TPSA) is 311 Å². The summed E-state index contributed by atoms with van der Waals surface area (Å²) in [5.74, 6) is -7.33. The highest BCUT2D eigenvalue weighted by atomic mass is 16.7. The Morgan fingerprint density at radius 2 is 1.33 bits per heavy atom. The second-order valence-corrected chi connectivity index (χ2v) is 11.6. The molecule has 18 heteroatoms. The van der Waals surface area contributed by atoms with Gasteiger partial charge in [0.2, 0.25) is 22.9 Å². The molecular formula is C33H26O18. The molecule has 0 radical (unpaired) electrons. The van der Waals surface area contributed by atoms with Gasteiger partial charge >= 0.3 is 0 Å². The van der Waals surface area contributed by atoms with Crippen LogP contribution in [0.4, 0.5) is 0 Å². The van der Waals surface area contributed by atoms with E-state index < -0.39 is 144 Å². The minimum absolute atomic E-state index is 0.0804. The van der Waals surface area contributed by atoms with Gasteiger partial charge in [0.1, 0.15) is 69.0 Å². The van der Waals surface area contributed by atoms with Gasteiger partial charge in [0, 0.05) is 23.8 Å². The molecule has 266 valence electrons. The fraction of sp³-hybridized carbons (Fsp3) is 0.212. The molecule has 0 aliphatic carbocycles. The van der Waals surface area contributed by atoms with E-state index in [1.165, 1.54) is 13.2 Å². The number of benzene rings is 4. The van der Waals surface area contributed by atoms with Crippen molar-refractivity contribution in [3.63, 3.8) is 0 Å². The van der Waals surface area contributed by atoms with Crippen LogP contribution < -0.4 is 20.3 Å². The van der Waals surface area contributed by atoms with E-state index in [1.54, 1.807) is 0 Å². The highest BCUT2D eigenvalue weighted by Crippen LogP contribution is 2.54. The van der Waals surface area contributed by atoms with Gasteiger partial charge in [0.05, 0.1) is 24.7 Å². The van der Waals surface area contributed by atoms with E-state index in [2.05, 4.69) is 0 Å². The van der Waals surface area contributed by atoms with Crippen LogP contribution in [0.5, 0.6) is 51.7 Å². The maximum Gasteiger partial charge on any atom is 0.229 e. The Hall–Kier alpha value is -6.18. The lowest BCUT2D eigenvalue weighted by atomic mass is 9.95. The Kier molecular flexibility index (Phi) is 7.65. The number of aliphatic hydroxyl groups is 4. The van der Waals surface area contributed by atoms with E-state index in [0.29, 0.717) is 0 Å². The van der Waals surface area contributed by atoms with Crippen molar-refractivity contribution in [1.29, 1.82) is 0 Å². The van der Waals surface area contributed by atoms with E-state index in [4.69, 9.17) is 23.0 Å². The number of hydrogen-bond acceptors (Lipinski definition) is 18. The van der Waals surface area contributed by atoms with Crippen molar-refractivity contribution in [3.8, 4) is 62.9 Å². The lowest BCUT2D eigenvalue weighted by Crippen LogP contribution is -2.60. The predicted octanol–water partition coefficient (Wildman–Crippen LogP) is 0.999. The molecular weight excluding hydrogens is 684 g/mol. The second-order valence-electron chi connectivity index (χ2n) is 11.6. The minimum atomic E-state index is -2.09. The van der Waals surface area contributed by atoms with Crippen molar-refractivity contribution in [1.82, 2.24) is 0 Å². The van der Waals surface area contributed by atoms with Gasteiger partial charge in [-0.3, -0.25) is 9.59 Å². The molecule has 7 rings (SSSR count). The molecule has 3 heterocycles. The Bertz CT molecular complexity index is 2550. The molecule has 0 bridgehead atoms. The maximum absolute atomic E-state index is 13.9. The third kappa shape index (κ3) is 4.84. The number of aromatic hydroxyl groups is 7. The molecule has 5 atom stereocenters. The average Bonchev–Trinajstić information content (AvgIpc) is 3.09. The van der Waals surface area contributed by atoms with Crippen molar-refractivity contribution >= 4 is 43.9 Å². The normalized spacial score (nSPS) is 20.8. The molecule has 51 heavy (non-hydrogen) atoms. The largest absolute Gasteiger partial charge is 0.507 e. The third-order valence-corrected chi connectivity index (χ3v) is 8.66. The number of hydrogen-bond donors (Lipinski definition) is 11. The van der Waals surface area contributed by atoms with Gasteiger partial charge in [0.25, 0.3) is 0 Å². The Morgan fingerprint density at radius 3 is 2.02 bits per heavy atom. The van der Waals surface area contributed by atoms with Crippen molar-refractivity contribution in [2.75, 3.05) is 13.7 Å². The zero-order valence-corrected chi connectivity index (χ0v) is 25.8. The summed E-state index contributed by atoms with van der Waals surface area (Å²) in [4.78, 5) is 27.6. The summed E-state index contributed by atoms with van der Waals surface area (Å²) in [6.45, 7) is -0.887. The maximum atomic E-state index is 13.9. The molecule has 1 fully saturated rings. The lowest BCUT2D eigenvalue weighted by molar-refractivity contribution is -0.277. The molecule has 1 aliphatic heterocycles. The van der Waals surface area contributed by atoms with E-state index in [9.17, 15) is 65.8 Å². The van der Waals surface area contributed by atoms with Gasteiger partial charge < -0.3 is 79.2 Å². The molecule has 6 aromatic rings. The number of phenols is 7. The van der Waals surface area contributed by atoms with Gasteiger partial charge in [-0.15, -0.1) is 0 Å². The van der Waals surface area contributed by atoms with Crippen molar-refractivity contribution < 1.29 is 79.2 Å². The number of fused-ring (bicyclic) bond motifs is 4. The van der Waals surface area contributed by atoms with Crippen LogP contribution in [0, 0.1) is 0 Å². The van der Waals surface area contributed by atoms with E-state index in [1.807, 2.05) is 0 Å². The standard InChI is InChI=1S/C33H26O18/c1-47-8-2-13(37)19-16(3-8)49-30-14(38)5-10(23(40)20(30)25(19)42)18-26(43)32(51-33-29(46)28(45)24(41)17(7-34)50-33)27(44)21-22(39)9-4-11(35)12(36)6-15(9)48-31(18)21/h2-6,17,24,28-29,33-38,40-41,43-46H,7H2,1H3/t17-,24-,28+,29-,33+/m1/s1. The molecule has 0 unspecified atom stereocenters. The van der Waals surface area contributed by atoms with E-state index in [-0.39, 0.29) is 11.3 Å². The smallest absolute Gasteiger partial charge is 0.229 e. The first kappa shape index (κ1) is 33.3. The quantitative estimate of drug-likeness (QED) is 0.0675. The zero-order chi connectivity index (χ0) is 36.8. The highest BCUT2D eigenvalue weighted by molar-refractivity contribution is 6.10. The van der Waals surface area contributed by atoms with Crippen LogP contribution in [0.15, 0.2) is 48.8 Å². The van der Waals surface area contributed by atoms with Crippen LogP contribution in [0.25, 0.3) is 55.0 Å². The fourth-order valence-electron chi connectivity index (χ4n) is 6.08. The van der Waals surface area contributed by atoms with Gasteiger partial charge in [0.15, 0.2) is 39.9 Å². The van der Waals surface area contributed by atoms with E-state index in [0.717, 1.165) is 24.3 Å². The van der Waals surface area contributed by atoms with Crippen LogP contribution >= 0.6 is 0 Å². The third-order valence-electron chi connectivity index (χ3n) is 8.66. The number of phenolic OH excluding ortho intramolecular Hbond substituents is 7. The Balaban J connectivity index is 1.58. The summed E-state index contributed by atoms with van der Waals surface area (Å²) in [7, 11) is 1.28. The fourth-order valence-corrected chi connectivity index (χ4v) is 6.08. The van der Waals surface area contributed by atoms with Gasteiger partial charge in [-0.05, 0) is 12.1 Å². The summed E-state index contributed by atoms with van der Waals surface area (Å²) >= 11 is 0. The number of ether oxygens (including phenoxy) is 3. The molecule has 4 aromatic carbocycles. The molecule has 1 aliphatic rings. The molecule has 0 saturated carbocycles. The second kappa shape index (κ2) is 11.7. The van der Waals surface area contributed by atoms with Crippen LogP contribution in [0.1, 0.15) is 0 Å². The molecule has 18 nitrogen and oxygen atoms in total. The zero-order valence-electron chi connectivity index (χ0n) is 25.8. The monoisotopic (exact) mass is 710 g/mol. The first-order valence-corrected chi connectivity index (χ1v) is 14.8. The minimum Gasteiger partial charge on any atom is -0.507 e. The summed E-state index contributed by atoms with van der Waals surface area (Å²) in [6, 6.07) is 4.73. The molecule has 0 amide bonds. The van der Waals surface area contributed by atoms with Crippen LogP contribution in [-0.4, -0.2) is 101 Å². The first-order chi connectivity index (χ1) is 24.2. The predicted molar refractivity (Wildman–Crippen MR) is 172 cm³/mol. The molecule has 11 N–H and O–H groups in total. The van der Waals surface area contributed by atoms with Gasteiger partial charge in [-0.1, -0.05) is 0 Å². The molecule has 0 spiro atoms. The van der Waals surface area contributed by atoms with Gasteiger partial charge in [-0.25, -0.2) is 0 Å². The Labute approximate surface area is 281 Å². The average molecular weight is 711 g/mol. The van der Waals surface area contributed by atoms with Crippen molar-refractivity contribution in [3.05, 3.63) is 50.8 Å². The first-order valence-electron chi connectivity index (χ1n) is 14.8. The highest BCUT2D eigenvalue weighted by Gasteiger charge is 2.45. The van der Waals surface area contributed by atoms with Crippen LogP contribution in [0.2, 0.25) is 0 Å². The summed E-state index contributed by atoms with van der Waals surface area (Å²) < 4.78 is 27.4. The number of methoxy groups -OCH3 is 1. The molecule has 2 aromatic heterocycles. The lowest BCUT2D eigenvalue weighted by Gasteiger charge is -2.39. The summed E-state index contributed by atoms with van der Waals surface area (Å²) in [6.07, 6.45) is -9.47. The van der Waals surface area contributed by atoms with Crippen LogP contribution in [0.3, 0.4) is 0 Å². The summed E-state index contributed by atoms with van der Waals surface area (Å²) in [5, 5.41) is 115. The van der Waals surface area contributed by atoms with Crippen molar-refractivity contribution in [2.45, 2.75) is 30.7 Å². The number of rotatable bonds is 5. The van der Waals surface area contributed by atoms with E-state index >= 15 is 0 Å². The molecule has 1 saturated heterocycles. The number of aliphatic hydroxyl groups excluding tert-OH is 4. The van der Waals surface area contributed by atoms with Crippen LogP contribution in [-0.2, 0) is 4.74 Å². The SMILES string of the molecule is COc1cc(O)c2c(=O)c3c(O)c(-c4c(O)c(O[C@@H]5O[C@H](CO)[C@@H](O)[C@H](O)[C@H]5O)c(O)c5c(=O)c6cc(O)c(O)cc6oc45)cc(O)c3oc2c1. The van der Waals surface area contributed by atoms with Crippen molar-refractivity contribution in [2.24, 2.45) is 0 Å². The Morgan fingerprint density at radius 1 is 0.667 bits per heavy atom. The van der Waals surface area contributed by atoms with Gasteiger partial charge in [-0.2, -0.15) is 0 Å².